The topological polar surface area (TPSA) is 55.2 Å². The Labute approximate surface area is 189 Å². The number of methoxy groups -OCH3 is 2. The van der Waals surface area contributed by atoms with Gasteiger partial charge in [0.25, 0.3) is 5.91 Å². The van der Waals surface area contributed by atoms with Crippen molar-refractivity contribution in [2.75, 3.05) is 38.8 Å². The van der Waals surface area contributed by atoms with Gasteiger partial charge in [0, 0.05) is 43.3 Å². The zero-order valence-corrected chi connectivity index (χ0v) is 19.1. The summed E-state index contributed by atoms with van der Waals surface area (Å²) < 4.78 is 16.7. The molecule has 0 bridgehead atoms. The number of benzene rings is 2. The molecule has 1 atom stereocenters. The fourth-order valence-electron chi connectivity index (χ4n) is 4.21. The molecule has 32 heavy (non-hydrogen) atoms. The minimum atomic E-state index is -0.0655. The van der Waals surface area contributed by atoms with Crippen molar-refractivity contribution in [1.29, 1.82) is 0 Å². The molecule has 3 aromatic rings. The number of rotatable bonds is 6. The Morgan fingerprint density at radius 2 is 1.81 bits per heavy atom. The summed E-state index contributed by atoms with van der Waals surface area (Å²) in [4.78, 5) is 17.3. The summed E-state index contributed by atoms with van der Waals surface area (Å²) in [6.45, 7) is 6.36. The van der Waals surface area contributed by atoms with E-state index < -0.39 is 0 Å². The SMILES string of the molecule is COc1ccc(OC)c(Cc2ccc(C(=O)N3CCN(c4ccc(C)cc4)C(C)C3)o2)c1. The zero-order valence-electron chi connectivity index (χ0n) is 19.1. The van der Waals surface area contributed by atoms with Crippen molar-refractivity contribution >= 4 is 11.6 Å². The second-order valence-corrected chi connectivity index (χ2v) is 8.25. The van der Waals surface area contributed by atoms with Gasteiger partial charge in [-0.15, -0.1) is 0 Å². The van der Waals surface area contributed by atoms with Gasteiger partial charge in [-0.25, -0.2) is 0 Å². The van der Waals surface area contributed by atoms with Gasteiger partial charge in [0.1, 0.15) is 17.3 Å². The molecule has 4 rings (SSSR count). The van der Waals surface area contributed by atoms with Gasteiger partial charge in [0.2, 0.25) is 0 Å². The van der Waals surface area contributed by atoms with Gasteiger partial charge in [-0.05, 0) is 56.3 Å². The minimum Gasteiger partial charge on any atom is -0.497 e. The number of nitrogens with zero attached hydrogens (tertiary/aromatic N) is 2. The van der Waals surface area contributed by atoms with E-state index in [-0.39, 0.29) is 11.9 Å². The summed E-state index contributed by atoms with van der Waals surface area (Å²) in [6, 6.07) is 18.1. The summed E-state index contributed by atoms with van der Waals surface area (Å²) in [6.07, 6.45) is 0.519. The summed E-state index contributed by atoms with van der Waals surface area (Å²) >= 11 is 0. The second-order valence-electron chi connectivity index (χ2n) is 8.25. The molecule has 6 nitrogen and oxygen atoms in total. The van der Waals surface area contributed by atoms with Crippen molar-refractivity contribution in [3.05, 3.63) is 77.2 Å². The van der Waals surface area contributed by atoms with Crippen LogP contribution in [0.25, 0.3) is 0 Å². The maximum absolute atomic E-state index is 13.1. The van der Waals surface area contributed by atoms with Crippen LogP contribution in [0.5, 0.6) is 11.5 Å². The molecule has 0 aliphatic carbocycles. The Morgan fingerprint density at radius 1 is 1.03 bits per heavy atom. The maximum Gasteiger partial charge on any atom is 0.289 e. The molecule has 0 spiro atoms. The van der Waals surface area contributed by atoms with Crippen LogP contribution in [-0.4, -0.2) is 50.7 Å². The first-order valence-electron chi connectivity index (χ1n) is 10.9. The third-order valence-corrected chi connectivity index (χ3v) is 6.01. The fraction of sp³-hybridized carbons (Fsp3) is 0.346. The predicted molar refractivity (Wildman–Crippen MR) is 125 cm³/mol. The summed E-state index contributed by atoms with van der Waals surface area (Å²) in [5.41, 5.74) is 3.39. The molecule has 6 heteroatoms. The zero-order chi connectivity index (χ0) is 22.7. The quantitative estimate of drug-likeness (QED) is 0.570. The van der Waals surface area contributed by atoms with Gasteiger partial charge < -0.3 is 23.7 Å². The van der Waals surface area contributed by atoms with E-state index in [4.69, 9.17) is 13.9 Å². The second kappa shape index (κ2) is 9.39. The lowest BCUT2D eigenvalue weighted by molar-refractivity contribution is 0.0692. The molecule has 0 radical (unpaired) electrons. The van der Waals surface area contributed by atoms with E-state index in [0.717, 1.165) is 23.6 Å². The van der Waals surface area contributed by atoms with E-state index in [1.807, 2.05) is 29.2 Å². The average molecular weight is 435 g/mol. The molecular formula is C26H30N2O4. The van der Waals surface area contributed by atoms with Crippen LogP contribution in [0.2, 0.25) is 0 Å². The van der Waals surface area contributed by atoms with Crippen LogP contribution in [0.1, 0.15) is 34.4 Å². The van der Waals surface area contributed by atoms with Crippen molar-refractivity contribution in [3.63, 3.8) is 0 Å². The number of carbonyl (C=O) groups excluding carboxylic acids is 1. The Balaban J connectivity index is 1.43. The highest BCUT2D eigenvalue weighted by Crippen LogP contribution is 2.27. The van der Waals surface area contributed by atoms with Gasteiger partial charge in [-0.1, -0.05) is 17.7 Å². The third kappa shape index (κ3) is 4.59. The molecule has 1 fully saturated rings. The fourth-order valence-corrected chi connectivity index (χ4v) is 4.21. The molecule has 2 aromatic carbocycles. The summed E-state index contributed by atoms with van der Waals surface area (Å²) in [7, 11) is 3.27. The lowest BCUT2D eigenvalue weighted by Crippen LogP contribution is -2.53. The van der Waals surface area contributed by atoms with E-state index in [9.17, 15) is 4.79 Å². The largest absolute Gasteiger partial charge is 0.497 e. The van der Waals surface area contributed by atoms with Crippen molar-refractivity contribution < 1.29 is 18.7 Å². The highest BCUT2D eigenvalue weighted by atomic mass is 16.5. The van der Waals surface area contributed by atoms with Crippen molar-refractivity contribution in [3.8, 4) is 11.5 Å². The van der Waals surface area contributed by atoms with Crippen molar-refractivity contribution in [2.24, 2.45) is 0 Å². The number of hydrogen-bond donors (Lipinski definition) is 0. The van der Waals surface area contributed by atoms with E-state index in [1.165, 1.54) is 11.3 Å². The molecule has 1 unspecified atom stereocenters. The van der Waals surface area contributed by atoms with Crippen LogP contribution in [0, 0.1) is 6.92 Å². The van der Waals surface area contributed by atoms with Crippen LogP contribution in [0.15, 0.2) is 59.0 Å². The first-order valence-corrected chi connectivity index (χ1v) is 10.9. The predicted octanol–water partition coefficient (Wildman–Crippen LogP) is 4.55. The van der Waals surface area contributed by atoms with Crippen LogP contribution < -0.4 is 14.4 Å². The minimum absolute atomic E-state index is 0.0655. The Morgan fingerprint density at radius 3 is 2.50 bits per heavy atom. The Hall–Kier alpha value is -3.41. The highest BCUT2D eigenvalue weighted by Gasteiger charge is 2.29. The third-order valence-electron chi connectivity index (χ3n) is 6.01. The molecule has 1 aliphatic rings. The first-order chi connectivity index (χ1) is 15.5. The number of anilines is 1. The van der Waals surface area contributed by atoms with Crippen LogP contribution >= 0.6 is 0 Å². The van der Waals surface area contributed by atoms with Crippen molar-refractivity contribution in [2.45, 2.75) is 26.3 Å². The van der Waals surface area contributed by atoms with Crippen LogP contribution in [-0.2, 0) is 6.42 Å². The molecule has 1 amide bonds. The Kier molecular flexibility index (Phi) is 6.40. The van der Waals surface area contributed by atoms with Crippen LogP contribution in [0.4, 0.5) is 5.69 Å². The van der Waals surface area contributed by atoms with Crippen molar-refractivity contribution in [1.82, 2.24) is 4.90 Å². The smallest absolute Gasteiger partial charge is 0.289 e. The summed E-state index contributed by atoms with van der Waals surface area (Å²) in [5.74, 6) is 2.54. The summed E-state index contributed by atoms with van der Waals surface area (Å²) in [5, 5.41) is 0. The van der Waals surface area contributed by atoms with E-state index >= 15 is 0 Å². The number of carbonyl (C=O) groups is 1. The molecular weight excluding hydrogens is 404 g/mol. The monoisotopic (exact) mass is 434 g/mol. The number of ether oxygens (including phenoxy) is 2. The standard InChI is InChI=1S/C26H30N2O4/c1-18-5-7-21(8-6-18)28-14-13-27(17-19(28)2)26(29)25-12-10-23(32-25)16-20-15-22(30-3)9-11-24(20)31-4/h5-12,15,19H,13-14,16-17H2,1-4H3. The number of hydrogen-bond acceptors (Lipinski definition) is 5. The molecule has 0 N–H and O–H groups in total. The van der Waals surface area contributed by atoms with Crippen LogP contribution in [0.3, 0.4) is 0 Å². The molecule has 1 aromatic heterocycles. The van der Waals surface area contributed by atoms with E-state index in [2.05, 4.69) is 43.0 Å². The lowest BCUT2D eigenvalue weighted by Gasteiger charge is -2.41. The molecule has 0 saturated carbocycles. The first kappa shape index (κ1) is 21.8. The van der Waals surface area contributed by atoms with Gasteiger partial charge in [-0.2, -0.15) is 0 Å². The lowest BCUT2D eigenvalue weighted by atomic mass is 10.1. The van der Waals surface area contributed by atoms with E-state index in [0.29, 0.717) is 31.0 Å². The number of aryl methyl sites for hydroxylation is 1. The van der Waals surface area contributed by atoms with Gasteiger partial charge in [-0.3, -0.25) is 4.79 Å². The number of piperazine rings is 1. The maximum atomic E-state index is 13.1. The molecule has 1 saturated heterocycles. The molecule has 168 valence electrons. The molecule has 1 aliphatic heterocycles. The van der Waals surface area contributed by atoms with Gasteiger partial charge >= 0.3 is 0 Å². The average Bonchev–Trinajstić information content (AvgIpc) is 3.27. The highest BCUT2D eigenvalue weighted by molar-refractivity contribution is 5.91. The number of amides is 1. The normalized spacial score (nSPS) is 16.2. The molecule has 2 heterocycles. The van der Waals surface area contributed by atoms with Gasteiger partial charge in [0.05, 0.1) is 14.2 Å². The number of furan rings is 1. The van der Waals surface area contributed by atoms with Gasteiger partial charge in [0.15, 0.2) is 5.76 Å². The van der Waals surface area contributed by atoms with E-state index in [1.54, 1.807) is 20.3 Å². The Bertz CT molecular complexity index is 1070.